The summed E-state index contributed by atoms with van der Waals surface area (Å²) in [5.74, 6) is -0.0907. The van der Waals surface area contributed by atoms with Gasteiger partial charge in [0.1, 0.15) is 0 Å². The molecular formula is C30H26N4O2. The van der Waals surface area contributed by atoms with E-state index in [-0.39, 0.29) is 23.5 Å². The van der Waals surface area contributed by atoms with E-state index in [4.69, 9.17) is 9.98 Å². The fourth-order valence-electron chi connectivity index (χ4n) is 3.71. The second-order valence-electron chi connectivity index (χ2n) is 7.92. The molecular weight excluding hydrogens is 448 g/mol. The molecule has 178 valence electrons. The lowest BCUT2D eigenvalue weighted by atomic mass is 10.2. The van der Waals surface area contributed by atoms with Crippen molar-refractivity contribution in [2.75, 3.05) is 9.80 Å². The van der Waals surface area contributed by atoms with E-state index in [2.05, 4.69) is 0 Å². The first kappa shape index (κ1) is 24.3. The molecule has 2 amide bonds. The molecule has 6 nitrogen and oxygen atoms in total. The molecule has 0 bridgehead atoms. The monoisotopic (exact) mass is 474 g/mol. The largest absolute Gasteiger partial charge is 0.274 e. The first-order valence-corrected chi connectivity index (χ1v) is 11.5. The Morgan fingerprint density at radius 1 is 0.472 bits per heavy atom. The zero-order valence-electron chi connectivity index (χ0n) is 20.2. The zero-order chi connectivity index (χ0) is 25.3. The number of hydrogen-bond donors (Lipinski definition) is 0. The minimum absolute atomic E-state index is 0.225. The molecule has 4 aromatic carbocycles. The van der Waals surface area contributed by atoms with Crippen LogP contribution in [0, 0.1) is 0 Å². The molecule has 0 aliphatic carbocycles. The van der Waals surface area contributed by atoms with Crippen LogP contribution in [0.15, 0.2) is 131 Å². The number of amidine groups is 2. The van der Waals surface area contributed by atoms with Gasteiger partial charge in [-0.2, -0.15) is 0 Å². The van der Waals surface area contributed by atoms with Gasteiger partial charge in [-0.25, -0.2) is 9.98 Å². The standard InChI is InChI=1S/C30H26N4O2/c1-23(35)33(27-19-11-5-12-20-27)29(31-25-15-7-3-8-16-25)30(32-26-17-9-4-10-18-26)34(24(2)36)28-21-13-6-14-22-28/h3-22H,1-2H3. The Morgan fingerprint density at radius 3 is 1.03 bits per heavy atom. The number of amides is 2. The summed E-state index contributed by atoms with van der Waals surface area (Å²) in [4.78, 5) is 39.0. The molecule has 0 saturated carbocycles. The van der Waals surface area contributed by atoms with Crippen LogP contribution in [-0.4, -0.2) is 23.5 Å². The number of anilines is 2. The number of carbonyl (C=O) groups excluding carboxylic acids is 2. The molecule has 36 heavy (non-hydrogen) atoms. The number of nitrogens with zero attached hydrogens (tertiary/aromatic N) is 4. The summed E-state index contributed by atoms with van der Waals surface area (Å²) in [6.07, 6.45) is 0. The van der Waals surface area contributed by atoms with Crippen LogP contribution in [-0.2, 0) is 9.59 Å². The van der Waals surface area contributed by atoms with Gasteiger partial charge in [0.2, 0.25) is 11.8 Å². The van der Waals surface area contributed by atoms with Crippen molar-refractivity contribution in [2.24, 2.45) is 9.98 Å². The molecule has 0 aliphatic heterocycles. The van der Waals surface area contributed by atoms with Crippen LogP contribution in [0.25, 0.3) is 0 Å². The normalized spacial score (nSPS) is 11.6. The highest BCUT2D eigenvalue weighted by molar-refractivity contribution is 6.56. The van der Waals surface area contributed by atoms with Gasteiger partial charge in [0, 0.05) is 13.8 Å². The van der Waals surface area contributed by atoms with Crippen molar-refractivity contribution in [3.8, 4) is 0 Å². The maximum absolute atomic E-state index is 13.1. The van der Waals surface area contributed by atoms with Gasteiger partial charge in [0.05, 0.1) is 22.7 Å². The van der Waals surface area contributed by atoms with Crippen molar-refractivity contribution in [2.45, 2.75) is 13.8 Å². The van der Waals surface area contributed by atoms with Crippen molar-refractivity contribution >= 4 is 46.2 Å². The highest BCUT2D eigenvalue weighted by Gasteiger charge is 2.30. The third-order valence-corrected chi connectivity index (χ3v) is 5.26. The second-order valence-corrected chi connectivity index (χ2v) is 7.92. The minimum Gasteiger partial charge on any atom is -0.274 e. The van der Waals surface area contributed by atoms with Gasteiger partial charge in [0.25, 0.3) is 0 Å². The summed E-state index contributed by atoms with van der Waals surface area (Å²) in [7, 11) is 0. The van der Waals surface area contributed by atoms with Crippen LogP contribution in [0.1, 0.15) is 13.8 Å². The average molecular weight is 475 g/mol. The van der Waals surface area contributed by atoms with Gasteiger partial charge >= 0.3 is 0 Å². The van der Waals surface area contributed by atoms with Crippen molar-refractivity contribution in [1.29, 1.82) is 0 Å². The quantitative estimate of drug-likeness (QED) is 0.249. The van der Waals surface area contributed by atoms with E-state index in [9.17, 15) is 9.59 Å². The maximum atomic E-state index is 13.1. The number of aliphatic imine (C=N–C) groups is 2. The lowest BCUT2D eigenvalue weighted by Gasteiger charge is -2.30. The number of para-hydroxylation sites is 4. The summed E-state index contributed by atoms with van der Waals surface area (Å²) in [5, 5.41) is 0. The first-order valence-electron chi connectivity index (χ1n) is 11.5. The van der Waals surface area contributed by atoms with Crippen molar-refractivity contribution in [3.05, 3.63) is 121 Å². The molecule has 0 saturated heterocycles. The van der Waals surface area contributed by atoms with E-state index >= 15 is 0 Å². The molecule has 0 fully saturated rings. The van der Waals surface area contributed by atoms with Crippen LogP contribution in [0.3, 0.4) is 0 Å². The van der Waals surface area contributed by atoms with Crippen LogP contribution in [0.2, 0.25) is 0 Å². The topological polar surface area (TPSA) is 65.3 Å². The predicted molar refractivity (Wildman–Crippen MR) is 146 cm³/mol. The third kappa shape index (κ3) is 5.80. The number of carbonyl (C=O) groups is 2. The van der Waals surface area contributed by atoms with E-state index in [0.717, 1.165) is 0 Å². The second kappa shape index (κ2) is 11.5. The molecule has 0 radical (unpaired) electrons. The van der Waals surface area contributed by atoms with Crippen LogP contribution < -0.4 is 9.80 Å². The van der Waals surface area contributed by atoms with Gasteiger partial charge in [-0.05, 0) is 48.5 Å². The van der Waals surface area contributed by atoms with Crippen LogP contribution >= 0.6 is 0 Å². The van der Waals surface area contributed by atoms with Gasteiger partial charge in [-0.3, -0.25) is 19.4 Å². The summed E-state index contributed by atoms with van der Waals surface area (Å²) >= 11 is 0. The van der Waals surface area contributed by atoms with E-state index in [0.29, 0.717) is 22.7 Å². The van der Waals surface area contributed by atoms with Crippen molar-refractivity contribution < 1.29 is 9.59 Å². The number of benzene rings is 4. The van der Waals surface area contributed by atoms with Crippen LogP contribution in [0.5, 0.6) is 0 Å². The predicted octanol–water partition coefficient (Wildman–Crippen LogP) is 6.55. The smallest absolute Gasteiger partial charge is 0.229 e. The average Bonchev–Trinajstić information content (AvgIpc) is 2.90. The molecule has 0 atom stereocenters. The highest BCUT2D eigenvalue weighted by atomic mass is 16.2. The Kier molecular flexibility index (Phi) is 7.78. The fraction of sp³-hybridized carbons (Fsp3) is 0.0667. The van der Waals surface area contributed by atoms with Gasteiger partial charge in [0.15, 0.2) is 11.7 Å². The molecule has 0 N–H and O–H groups in total. The molecule has 0 heterocycles. The summed E-state index contributed by atoms with van der Waals surface area (Å²) < 4.78 is 0. The molecule has 6 heteroatoms. The van der Waals surface area contributed by atoms with Crippen molar-refractivity contribution in [3.63, 3.8) is 0 Å². The molecule has 0 aliphatic rings. The lowest BCUT2D eigenvalue weighted by Crippen LogP contribution is -2.49. The molecule has 4 rings (SSSR count). The Labute approximate surface area is 210 Å². The summed E-state index contributed by atoms with van der Waals surface area (Å²) in [5.41, 5.74) is 2.45. The van der Waals surface area contributed by atoms with E-state index in [1.54, 1.807) is 0 Å². The Morgan fingerprint density at radius 2 is 0.750 bits per heavy atom. The minimum atomic E-state index is -0.270. The third-order valence-electron chi connectivity index (χ3n) is 5.26. The van der Waals surface area contributed by atoms with Gasteiger partial charge in [-0.1, -0.05) is 72.8 Å². The van der Waals surface area contributed by atoms with E-state index < -0.39 is 0 Å². The Bertz CT molecular complexity index is 1260. The Hall–Kier alpha value is -4.84. The SMILES string of the molecule is CC(=O)N(C(=Nc1ccccc1)C(=Nc1ccccc1)N(C(C)=O)c1ccccc1)c1ccccc1. The summed E-state index contributed by atoms with van der Waals surface area (Å²) in [6.45, 7) is 2.93. The van der Waals surface area contributed by atoms with Crippen molar-refractivity contribution in [1.82, 2.24) is 0 Å². The fourth-order valence-corrected chi connectivity index (χ4v) is 3.71. The van der Waals surface area contributed by atoms with E-state index in [1.807, 2.05) is 121 Å². The van der Waals surface area contributed by atoms with Gasteiger partial charge in [-0.15, -0.1) is 0 Å². The van der Waals surface area contributed by atoms with Gasteiger partial charge < -0.3 is 0 Å². The highest BCUT2D eigenvalue weighted by Crippen LogP contribution is 2.24. The summed E-state index contributed by atoms with van der Waals surface area (Å²) in [6, 6.07) is 37.0. The Balaban J connectivity index is 2.04. The zero-order valence-corrected chi connectivity index (χ0v) is 20.2. The first-order chi connectivity index (χ1) is 17.5. The number of hydrogen-bond acceptors (Lipinski definition) is 4. The molecule has 4 aromatic rings. The molecule has 0 spiro atoms. The molecule has 0 aromatic heterocycles. The number of rotatable bonds is 4. The van der Waals surface area contributed by atoms with E-state index in [1.165, 1.54) is 23.6 Å². The maximum Gasteiger partial charge on any atom is 0.229 e. The lowest BCUT2D eigenvalue weighted by molar-refractivity contribution is -0.116. The van der Waals surface area contributed by atoms with Crippen LogP contribution in [0.4, 0.5) is 22.7 Å². The molecule has 0 unspecified atom stereocenters.